The number of amides is 1. The average molecular weight is 309 g/mol. The number of nitrogens with two attached hydrogens (primary N) is 1. The summed E-state index contributed by atoms with van der Waals surface area (Å²) in [6, 6.07) is -0.440. The van der Waals surface area contributed by atoms with Gasteiger partial charge in [-0.15, -0.1) is 5.10 Å². The Labute approximate surface area is 130 Å². The van der Waals surface area contributed by atoms with Gasteiger partial charge in [-0.1, -0.05) is 26.1 Å². The van der Waals surface area contributed by atoms with E-state index in [-0.39, 0.29) is 10.9 Å². The molecule has 7 heteroatoms. The second-order valence-electron chi connectivity index (χ2n) is 4.68. The van der Waals surface area contributed by atoms with Gasteiger partial charge in [-0.25, -0.2) is 0 Å². The number of carbonyl (C=O) groups excluding carboxylic acids is 1. The molecule has 0 saturated heterocycles. The van der Waals surface area contributed by atoms with E-state index in [4.69, 9.17) is 18.0 Å². The van der Waals surface area contributed by atoms with Crippen molar-refractivity contribution >= 4 is 28.9 Å². The zero-order chi connectivity index (χ0) is 16.0. The Morgan fingerprint density at radius 2 is 1.95 bits per heavy atom. The maximum atomic E-state index is 11.8. The Bertz CT molecular complexity index is 532. The van der Waals surface area contributed by atoms with Crippen LogP contribution in [0.25, 0.3) is 0 Å². The SMILES string of the molecule is CCNC(=O)C(C)Nc1nnc(CC)c(CC)c1C(N)=S. The number of nitrogens with one attached hydrogen (secondary N) is 2. The second kappa shape index (κ2) is 7.87. The molecule has 1 aromatic rings. The van der Waals surface area contributed by atoms with Crippen LogP contribution in [0.15, 0.2) is 0 Å². The number of thiocarbonyl (C=S) groups is 1. The molecule has 0 aliphatic rings. The molecule has 1 aromatic heterocycles. The molecular weight excluding hydrogens is 286 g/mol. The van der Waals surface area contributed by atoms with Gasteiger partial charge < -0.3 is 16.4 Å². The summed E-state index contributed by atoms with van der Waals surface area (Å²) in [5.74, 6) is 0.362. The summed E-state index contributed by atoms with van der Waals surface area (Å²) in [5, 5.41) is 14.2. The third-order valence-corrected chi connectivity index (χ3v) is 3.39. The van der Waals surface area contributed by atoms with E-state index in [0.717, 1.165) is 24.1 Å². The highest BCUT2D eigenvalue weighted by Crippen LogP contribution is 2.21. The summed E-state index contributed by atoms with van der Waals surface area (Å²) in [7, 11) is 0. The molecule has 4 N–H and O–H groups in total. The largest absolute Gasteiger partial charge is 0.389 e. The fourth-order valence-electron chi connectivity index (χ4n) is 2.14. The third-order valence-electron chi connectivity index (χ3n) is 3.19. The lowest BCUT2D eigenvalue weighted by Crippen LogP contribution is -2.38. The molecule has 0 spiro atoms. The molecule has 21 heavy (non-hydrogen) atoms. The first kappa shape index (κ1) is 17.3. The van der Waals surface area contributed by atoms with Crippen molar-refractivity contribution in [3.63, 3.8) is 0 Å². The van der Waals surface area contributed by atoms with Gasteiger partial charge in [0, 0.05) is 6.54 Å². The van der Waals surface area contributed by atoms with E-state index in [2.05, 4.69) is 20.8 Å². The quantitative estimate of drug-likeness (QED) is 0.655. The van der Waals surface area contributed by atoms with Crippen molar-refractivity contribution in [3.8, 4) is 0 Å². The van der Waals surface area contributed by atoms with Crippen LogP contribution in [0.1, 0.15) is 44.5 Å². The van der Waals surface area contributed by atoms with Crippen molar-refractivity contribution in [2.24, 2.45) is 5.73 Å². The summed E-state index contributed by atoms with van der Waals surface area (Å²) < 4.78 is 0. The molecule has 0 aliphatic carbocycles. The van der Waals surface area contributed by atoms with Crippen LogP contribution in [0.2, 0.25) is 0 Å². The fourth-order valence-corrected chi connectivity index (χ4v) is 2.36. The predicted octanol–water partition coefficient (Wildman–Crippen LogP) is 1.17. The molecule has 1 rings (SSSR count). The number of likely N-dealkylation sites (N-methyl/N-ethyl adjacent to an activating group) is 1. The summed E-state index contributed by atoms with van der Waals surface area (Å²) in [6.07, 6.45) is 1.52. The van der Waals surface area contributed by atoms with Gasteiger partial charge in [-0.2, -0.15) is 5.10 Å². The molecule has 0 fully saturated rings. The van der Waals surface area contributed by atoms with E-state index in [0.29, 0.717) is 17.9 Å². The monoisotopic (exact) mass is 309 g/mol. The van der Waals surface area contributed by atoms with Gasteiger partial charge in [-0.3, -0.25) is 4.79 Å². The Kier molecular flexibility index (Phi) is 6.48. The zero-order valence-corrected chi connectivity index (χ0v) is 13.8. The Hall–Kier alpha value is -1.76. The standard InChI is InChI=1S/C14H23N5OS/c1-5-9-10(6-2)18-19-13(11(9)12(15)21)17-8(4)14(20)16-7-3/h8H,5-7H2,1-4H3,(H2,15,21)(H,16,20)(H,17,19). The molecule has 116 valence electrons. The molecule has 0 radical (unpaired) electrons. The summed E-state index contributed by atoms with van der Waals surface area (Å²) in [6.45, 7) is 8.24. The van der Waals surface area contributed by atoms with Crippen molar-refractivity contribution in [1.82, 2.24) is 15.5 Å². The number of hydrogen-bond donors (Lipinski definition) is 3. The van der Waals surface area contributed by atoms with Crippen LogP contribution in [0, 0.1) is 0 Å². The Morgan fingerprint density at radius 1 is 1.29 bits per heavy atom. The first-order chi connectivity index (χ1) is 9.96. The Balaban J connectivity index is 3.18. The van der Waals surface area contributed by atoms with Crippen molar-refractivity contribution in [2.45, 2.75) is 46.6 Å². The molecule has 0 aromatic carbocycles. The van der Waals surface area contributed by atoms with Gasteiger partial charge in [0.2, 0.25) is 5.91 Å². The molecular formula is C14H23N5OS. The summed E-state index contributed by atoms with van der Waals surface area (Å²) in [4.78, 5) is 12.1. The van der Waals surface area contributed by atoms with Crippen LogP contribution in [0.4, 0.5) is 5.82 Å². The van der Waals surface area contributed by atoms with Gasteiger partial charge in [0.15, 0.2) is 5.82 Å². The number of nitrogens with zero attached hydrogens (tertiary/aromatic N) is 2. The molecule has 1 unspecified atom stereocenters. The highest BCUT2D eigenvalue weighted by molar-refractivity contribution is 7.80. The molecule has 1 amide bonds. The van der Waals surface area contributed by atoms with E-state index in [9.17, 15) is 4.79 Å². The lowest BCUT2D eigenvalue weighted by molar-refractivity contribution is -0.121. The highest BCUT2D eigenvalue weighted by atomic mass is 32.1. The topological polar surface area (TPSA) is 92.9 Å². The minimum absolute atomic E-state index is 0.106. The molecule has 1 heterocycles. The van der Waals surface area contributed by atoms with Crippen LogP contribution in [0.5, 0.6) is 0 Å². The zero-order valence-electron chi connectivity index (χ0n) is 13.0. The van der Waals surface area contributed by atoms with Gasteiger partial charge in [0.05, 0.1) is 11.3 Å². The van der Waals surface area contributed by atoms with Crippen LogP contribution >= 0.6 is 12.2 Å². The number of aromatic nitrogens is 2. The fraction of sp³-hybridized carbons (Fsp3) is 0.571. The van der Waals surface area contributed by atoms with Crippen molar-refractivity contribution < 1.29 is 4.79 Å². The van der Waals surface area contributed by atoms with Crippen LogP contribution < -0.4 is 16.4 Å². The molecule has 0 aliphatic heterocycles. The maximum Gasteiger partial charge on any atom is 0.242 e. The summed E-state index contributed by atoms with van der Waals surface area (Å²) in [5.41, 5.74) is 8.42. The van der Waals surface area contributed by atoms with Crippen molar-refractivity contribution in [1.29, 1.82) is 0 Å². The predicted molar refractivity (Wildman–Crippen MR) is 88.4 cm³/mol. The van der Waals surface area contributed by atoms with Crippen molar-refractivity contribution in [3.05, 3.63) is 16.8 Å². The minimum atomic E-state index is -0.440. The maximum absolute atomic E-state index is 11.8. The first-order valence-corrected chi connectivity index (χ1v) is 7.59. The highest BCUT2D eigenvalue weighted by Gasteiger charge is 2.20. The number of anilines is 1. The average Bonchev–Trinajstić information content (AvgIpc) is 2.46. The van der Waals surface area contributed by atoms with E-state index in [1.54, 1.807) is 6.92 Å². The van der Waals surface area contributed by atoms with E-state index >= 15 is 0 Å². The van der Waals surface area contributed by atoms with Gasteiger partial charge in [0.25, 0.3) is 0 Å². The van der Waals surface area contributed by atoms with Gasteiger partial charge in [0.1, 0.15) is 11.0 Å². The van der Waals surface area contributed by atoms with Gasteiger partial charge >= 0.3 is 0 Å². The van der Waals surface area contributed by atoms with Crippen LogP contribution in [-0.4, -0.2) is 33.7 Å². The van der Waals surface area contributed by atoms with E-state index in [1.165, 1.54) is 0 Å². The Morgan fingerprint density at radius 3 is 2.43 bits per heavy atom. The number of aryl methyl sites for hydroxylation is 1. The third kappa shape index (κ3) is 4.10. The van der Waals surface area contributed by atoms with E-state index < -0.39 is 6.04 Å². The summed E-state index contributed by atoms with van der Waals surface area (Å²) >= 11 is 5.15. The van der Waals surface area contributed by atoms with E-state index in [1.807, 2.05) is 20.8 Å². The van der Waals surface area contributed by atoms with Crippen molar-refractivity contribution in [2.75, 3.05) is 11.9 Å². The molecule has 1 atom stereocenters. The van der Waals surface area contributed by atoms with Crippen LogP contribution in [0.3, 0.4) is 0 Å². The lowest BCUT2D eigenvalue weighted by Gasteiger charge is -2.18. The van der Waals surface area contributed by atoms with Crippen LogP contribution in [-0.2, 0) is 17.6 Å². The van der Waals surface area contributed by atoms with Gasteiger partial charge in [-0.05, 0) is 32.3 Å². The molecule has 0 bridgehead atoms. The second-order valence-corrected chi connectivity index (χ2v) is 5.12. The number of carbonyl (C=O) groups is 1. The number of rotatable bonds is 7. The normalized spacial score (nSPS) is 11.8. The lowest BCUT2D eigenvalue weighted by atomic mass is 10.0. The molecule has 6 nitrogen and oxygen atoms in total. The first-order valence-electron chi connectivity index (χ1n) is 7.18. The minimum Gasteiger partial charge on any atom is -0.389 e. The molecule has 0 saturated carbocycles. The smallest absolute Gasteiger partial charge is 0.242 e. The number of hydrogen-bond acceptors (Lipinski definition) is 5.